The van der Waals surface area contributed by atoms with E-state index in [1.54, 1.807) is 30.3 Å². The zero-order valence-corrected chi connectivity index (χ0v) is 11.0. The Balaban J connectivity index is 2.19. The van der Waals surface area contributed by atoms with Gasteiger partial charge in [0.1, 0.15) is 10.7 Å². The van der Waals surface area contributed by atoms with Gasteiger partial charge in [0, 0.05) is 0 Å². The lowest BCUT2D eigenvalue weighted by molar-refractivity contribution is -0.0493. The largest absolute Gasteiger partial charge is 0.433 e. The number of hydrogen-bond donors (Lipinski definition) is 2. The number of ether oxygens (including phenoxy) is 1. The molecule has 0 aliphatic carbocycles. The van der Waals surface area contributed by atoms with Crippen molar-refractivity contribution in [2.75, 3.05) is 5.32 Å². The van der Waals surface area contributed by atoms with E-state index in [0.29, 0.717) is 17.1 Å². The van der Waals surface area contributed by atoms with Crippen LogP contribution < -0.4 is 15.8 Å². The highest BCUT2D eigenvalue weighted by atomic mass is 32.1. The van der Waals surface area contributed by atoms with Gasteiger partial charge in [-0.25, -0.2) is 0 Å². The van der Waals surface area contributed by atoms with Crippen LogP contribution in [0.25, 0.3) is 0 Å². The summed E-state index contributed by atoms with van der Waals surface area (Å²) in [5, 5.41) is 2.94. The number of benzene rings is 1. The minimum Gasteiger partial charge on any atom is -0.433 e. The van der Waals surface area contributed by atoms with Crippen molar-refractivity contribution in [2.45, 2.75) is 6.61 Å². The van der Waals surface area contributed by atoms with E-state index in [0.717, 1.165) is 0 Å². The number of para-hydroxylation sites is 2. The van der Waals surface area contributed by atoms with Crippen molar-refractivity contribution >= 4 is 28.6 Å². The summed E-state index contributed by atoms with van der Waals surface area (Å²) < 4.78 is 29.0. The second kappa shape index (κ2) is 6.25. The Morgan fingerprint density at radius 2 is 2.00 bits per heavy atom. The molecule has 0 saturated heterocycles. The quantitative estimate of drug-likeness (QED) is 0.830. The third kappa shape index (κ3) is 3.61. The molecule has 4 nitrogen and oxygen atoms in total. The summed E-state index contributed by atoms with van der Waals surface area (Å²) in [4.78, 5) is 4.24. The molecule has 7 heteroatoms. The summed E-state index contributed by atoms with van der Waals surface area (Å²) in [5.41, 5.74) is 6.95. The molecule has 3 N–H and O–H groups in total. The maximum Gasteiger partial charge on any atom is 0.387 e. The highest BCUT2D eigenvalue weighted by Crippen LogP contribution is 2.28. The van der Waals surface area contributed by atoms with Crippen LogP contribution in [0.2, 0.25) is 0 Å². The SMILES string of the molecule is NC(=S)c1ccc(Nc2ccccc2OC(F)F)cn1. The van der Waals surface area contributed by atoms with Crippen LogP contribution in [-0.4, -0.2) is 16.6 Å². The number of rotatable bonds is 5. The zero-order valence-electron chi connectivity index (χ0n) is 10.2. The normalized spacial score (nSPS) is 10.3. The predicted octanol–water partition coefficient (Wildman–Crippen LogP) is 3.06. The van der Waals surface area contributed by atoms with Crippen molar-refractivity contribution in [3.63, 3.8) is 0 Å². The van der Waals surface area contributed by atoms with Gasteiger partial charge < -0.3 is 15.8 Å². The molecule has 20 heavy (non-hydrogen) atoms. The molecule has 0 fully saturated rings. The number of anilines is 2. The van der Waals surface area contributed by atoms with E-state index in [9.17, 15) is 8.78 Å². The van der Waals surface area contributed by atoms with Gasteiger partial charge in [0.2, 0.25) is 0 Å². The molecular formula is C13H11F2N3OS. The fourth-order valence-corrected chi connectivity index (χ4v) is 1.66. The predicted molar refractivity (Wildman–Crippen MR) is 76.5 cm³/mol. The number of nitrogens with two attached hydrogens (primary N) is 1. The highest BCUT2D eigenvalue weighted by molar-refractivity contribution is 7.80. The number of nitrogens with one attached hydrogen (secondary N) is 1. The average Bonchev–Trinajstić information content (AvgIpc) is 2.41. The number of pyridine rings is 1. The van der Waals surface area contributed by atoms with Gasteiger partial charge in [0.25, 0.3) is 0 Å². The van der Waals surface area contributed by atoms with Crippen molar-refractivity contribution in [1.82, 2.24) is 4.98 Å². The van der Waals surface area contributed by atoms with Gasteiger partial charge in [0.15, 0.2) is 0 Å². The van der Waals surface area contributed by atoms with Gasteiger partial charge in [-0.3, -0.25) is 4.98 Å². The Bertz CT molecular complexity index is 605. The van der Waals surface area contributed by atoms with E-state index in [4.69, 9.17) is 18.0 Å². The number of nitrogens with zero attached hydrogens (tertiary/aromatic N) is 1. The number of aromatic nitrogens is 1. The molecule has 0 spiro atoms. The van der Waals surface area contributed by atoms with Gasteiger partial charge in [-0.1, -0.05) is 24.4 Å². The van der Waals surface area contributed by atoms with Gasteiger partial charge >= 0.3 is 6.61 Å². The Morgan fingerprint density at radius 1 is 1.25 bits per heavy atom. The van der Waals surface area contributed by atoms with Crippen LogP contribution in [0.5, 0.6) is 5.75 Å². The number of thiocarbonyl (C=S) groups is 1. The molecule has 0 aliphatic heterocycles. The Morgan fingerprint density at radius 3 is 2.60 bits per heavy atom. The molecule has 2 aromatic rings. The van der Waals surface area contributed by atoms with Crippen LogP contribution in [0.1, 0.15) is 5.69 Å². The summed E-state index contributed by atoms with van der Waals surface area (Å²) in [6.45, 7) is -2.88. The summed E-state index contributed by atoms with van der Waals surface area (Å²) >= 11 is 4.79. The zero-order chi connectivity index (χ0) is 14.5. The number of hydrogen-bond acceptors (Lipinski definition) is 4. The Kier molecular flexibility index (Phi) is 4.41. The second-order valence-electron chi connectivity index (χ2n) is 3.80. The molecule has 0 saturated carbocycles. The maximum atomic E-state index is 12.3. The van der Waals surface area contributed by atoms with Crippen LogP contribution in [0.15, 0.2) is 42.6 Å². The van der Waals surface area contributed by atoms with Crippen molar-refractivity contribution in [2.24, 2.45) is 5.73 Å². The monoisotopic (exact) mass is 295 g/mol. The summed E-state index contributed by atoms with van der Waals surface area (Å²) in [7, 11) is 0. The minimum atomic E-state index is -2.88. The second-order valence-corrected chi connectivity index (χ2v) is 4.24. The van der Waals surface area contributed by atoms with Crippen molar-refractivity contribution < 1.29 is 13.5 Å². The summed E-state index contributed by atoms with van der Waals surface area (Å²) in [6.07, 6.45) is 1.51. The maximum absolute atomic E-state index is 12.3. The molecule has 0 aliphatic rings. The Hall–Kier alpha value is -2.28. The fourth-order valence-electron chi connectivity index (χ4n) is 1.54. The van der Waals surface area contributed by atoms with Crippen LogP contribution in [0, 0.1) is 0 Å². The number of halogens is 2. The van der Waals surface area contributed by atoms with Gasteiger partial charge in [0.05, 0.1) is 23.3 Å². The fraction of sp³-hybridized carbons (Fsp3) is 0.0769. The Labute approximate surface area is 119 Å². The lowest BCUT2D eigenvalue weighted by Gasteiger charge is -2.12. The van der Waals surface area contributed by atoms with E-state index in [2.05, 4.69) is 15.0 Å². The molecule has 1 heterocycles. The lowest BCUT2D eigenvalue weighted by atomic mass is 10.2. The average molecular weight is 295 g/mol. The molecule has 0 radical (unpaired) electrons. The number of alkyl halides is 2. The van der Waals surface area contributed by atoms with E-state index < -0.39 is 6.61 Å². The first-order chi connectivity index (χ1) is 9.56. The van der Waals surface area contributed by atoms with Crippen LogP contribution in [-0.2, 0) is 0 Å². The molecule has 1 aromatic heterocycles. The highest BCUT2D eigenvalue weighted by Gasteiger charge is 2.09. The molecule has 104 valence electrons. The summed E-state index contributed by atoms with van der Waals surface area (Å²) in [5.74, 6) is 0.0564. The van der Waals surface area contributed by atoms with E-state index >= 15 is 0 Å². The minimum absolute atomic E-state index is 0.0564. The first-order valence-electron chi connectivity index (χ1n) is 5.63. The van der Waals surface area contributed by atoms with E-state index in [1.165, 1.54) is 12.3 Å². The first kappa shape index (κ1) is 14.1. The first-order valence-corrected chi connectivity index (χ1v) is 6.04. The third-order valence-electron chi connectivity index (χ3n) is 2.40. The van der Waals surface area contributed by atoms with Crippen molar-refractivity contribution in [3.8, 4) is 5.75 Å². The molecule has 0 atom stereocenters. The molecule has 0 bridgehead atoms. The molecule has 1 aromatic carbocycles. The third-order valence-corrected chi connectivity index (χ3v) is 2.61. The standard InChI is InChI=1S/C13H11F2N3OS/c14-13(15)19-11-4-2-1-3-9(11)18-8-5-6-10(12(16)20)17-7-8/h1-7,13,18H,(H2,16,20). The van der Waals surface area contributed by atoms with Crippen molar-refractivity contribution in [3.05, 3.63) is 48.3 Å². The molecule has 2 rings (SSSR count). The molecule has 0 amide bonds. The molecule has 0 unspecified atom stereocenters. The van der Waals surface area contributed by atoms with E-state index in [1.807, 2.05) is 0 Å². The topological polar surface area (TPSA) is 60.2 Å². The van der Waals surface area contributed by atoms with Gasteiger partial charge in [-0.05, 0) is 24.3 Å². The lowest BCUT2D eigenvalue weighted by Crippen LogP contribution is -2.11. The van der Waals surface area contributed by atoms with Crippen LogP contribution >= 0.6 is 12.2 Å². The molecular weight excluding hydrogens is 284 g/mol. The van der Waals surface area contributed by atoms with E-state index in [-0.39, 0.29) is 10.7 Å². The smallest absolute Gasteiger partial charge is 0.387 e. The summed E-state index contributed by atoms with van der Waals surface area (Å²) in [6, 6.07) is 9.72. The van der Waals surface area contributed by atoms with Crippen LogP contribution in [0.4, 0.5) is 20.2 Å². The van der Waals surface area contributed by atoms with Crippen molar-refractivity contribution in [1.29, 1.82) is 0 Å². The van der Waals surface area contributed by atoms with Gasteiger partial charge in [-0.2, -0.15) is 8.78 Å². The van der Waals surface area contributed by atoms with Gasteiger partial charge in [-0.15, -0.1) is 0 Å². The van der Waals surface area contributed by atoms with Crippen LogP contribution in [0.3, 0.4) is 0 Å².